The van der Waals surface area contributed by atoms with Crippen LogP contribution in [-0.2, 0) is 13.0 Å². The Hall–Kier alpha value is -2.70. The van der Waals surface area contributed by atoms with Crippen LogP contribution in [0.4, 0.5) is 16.0 Å². The van der Waals surface area contributed by atoms with Crippen LogP contribution in [0.15, 0.2) is 24.4 Å². The van der Waals surface area contributed by atoms with Crippen molar-refractivity contribution < 1.29 is 14.3 Å². The molecule has 0 bridgehead atoms. The lowest BCUT2D eigenvalue weighted by Gasteiger charge is -2.30. The average Bonchev–Trinajstić information content (AvgIpc) is 3.06. The van der Waals surface area contributed by atoms with Gasteiger partial charge in [-0.25, -0.2) is 19.2 Å². The number of fused-ring (bicyclic) bond motifs is 1. The molecule has 0 amide bonds. The highest BCUT2D eigenvalue weighted by Gasteiger charge is 2.24. The number of hydrogen-bond donors (Lipinski definition) is 1. The summed E-state index contributed by atoms with van der Waals surface area (Å²) in [6, 6.07) is 4.60. The molecular weight excluding hydrogens is 335 g/mol. The van der Waals surface area contributed by atoms with Crippen molar-refractivity contribution in [3.8, 4) is 0 Å². The summed E-state index contributed by atoms with van der Waals surface area (Å²) >= 11 is 0. The van der Waals surface area contributed by atoms with Crippen LogP contribution in [0.2, 0.25) is 0 Å². The van der Waals surface area contributed by atoms with E-state index in [0.29, 0.717) is 37.1 Å². The van der Waals surface area contributed by atoms with Gasteiger partial charge in [-0.3, -0.25) is 0 Å². The number of pyridine rings is 2. The minimum atomic E-state index is -1.02. The Labute approximate surface area is 151 Å². The first-order valence-electron chi connectivity index (χ1n) is 8.88. The predicted octanol–water partition coefficient (Wildman–Crippen LogP) is 2.72. The molecule has 4 rings (SSSR count). The molecule has 26 heavy (non-hydrogen) atoms. The third-order valence-electron chi connectivity index (χ3n) is 5.15. The second-order valence-electron chi connectivity index (χ2n) is 7.16. The number of hydrogen-bond acceptors (Lipinski definition) is 5. The van der Waals surface area contributed by atoms with Gasteiger partial charge in [0.25, 0.3) is 0 Å². The van der Waals surface area contributed by atoms with E-state index in [1.807, 2.05) is 4.90 Å². The molecule has 2 aliphatic rings. The highest BCUT2D eigenvalue weighted by Crippen LogP contribution is 2.28. The molecule has 0 saturated carbocycles. The molecular formula is C19H21FN4O2. The monoisotopic (exact) mass is 356 g/mol. The average molecular weight is 356 g/mol. The first kappa shape index (κ1) is 16.8. The molecule has 1 atom stereocenters. The summed E-state index contributed by atoms with van der Waals surface area (Å²) in [7, 11) is 0. The molecule has 0 aromatic carbocycles. The molecule has 136 valence electrons. The number of aromatic carboxylic acids is 1. The zero-order valence-corrected chi connectivity index (χ0v) is 14.7. The fourth-order valence-corrected chi connectivity index (χ4v) is 3.69. The fraction of sp³-hybridized carbons (Fsp3) is 0.421. The van der Waals surface area contributed by atoms with Gasteiger partial charge < -0.3 is 14.9 Å². The molecule has 2 aliphatic heterocycles. The molecule has 0 spiro atoms. The van der Waals surface area contributed by atoms with Crippen molar-refractivity contribution in [2.24, 2.45) is 5.92 Å². The van der Waals surface area contributed by atoms with Crippen molar-refractivity contribution in [2.45, 2.75) is 26.3 Å². The second-order valence-corrected chi connectivity index (χ2v) is 7.16. The van der Waals surface area contributed by atoms with Crippen LogP contribution in [-0.4, -0.2) is 40.7 Å². The van der Waals surface area contributed by atoms with Crippen molar-refractivity contribution in [2.75, 3.05) is 29.4 Å². The van der Waals surface area contributed by atoms with Crippen molar-refractivity contribution in [1.82, 2.24) is 9.97 Å². The van der Waals surface area contributed by atoms with Crippen LogP contribution >= 0.6 is 0 Å². The van der Waals surface area contributed by atoms with Crippen LogP contribution < -0.4 is 9.80 Å². The number of anilines is 2. The Morgan fingerprint density at radius 3 is 2.65 bits per heavy atom. The Balaban J connectivity index is 1.58. The van der Waals surface area contributed by atoms with Crippen LogP contribution in [0.1, 0.15) is 35.0 Å². The summed E-state index contributed by atoms with van der Waals surface area (Å²) in [5, 5.41) is 9.07. The molecule has 6 nitrogen and oxygen atoms in total. The molecule has 7 heteroatoms. The van der Waals surface area contributed by atoms with Gasteiger partial charge in [-0.1, -0.05) is 6.92 Å². The molecule has 1 fully saturated rings. The minimum absolute atomic E-state index is 0.0616. The molecule has 4 heterocycles. The van der Waals surface area contributed by atoms with Gasteiger partial charge in [0.15, 0.2) is 0 Å². The van der Waals surface area contributed by atoms with Crippen LogP contribution in [0.25, 0.3) is 0 Å². The van der Waals surface area contributed by atoms with Gasteiger partial charge >= 0.3 is 5.97 Å². The number of aromatic nitrogens is 2. The number of carboxylic acid groups (broad SMARTS) is 1. The van der Waals surface area contributed by atoms with E-state index in [1.54, 1.807) is 12.3 Å². The SMILES string of the molecule is CC1CCN(c2cc(F)cc(N3CCc4cc(C(=O)O)ncc4C3)n2)C1. The molecule has 2 aromatic rings. The first-order chi connectivity index (χ1) is 12.5. The molecule has 1 unspecified atom stereocenters. The maximum atomic E-state index is 14.2. The molecule has 0 radical (unpaired) electrons. The zero-order valence-electron chi connectivity index (χ0n) is 14.7. The van der Waals surface area contributed by atoms with E-state index >= 15 is 0 Å². The number of rotatable bonds is 3. The topological polar surface area (TPSA) is 69.6 Å². The second kappa shape index (κ2) is 6.55. The Morgan fingerprint density at radius 2 is 1.96 bits per heavy atom. The van der Waals surface area contributed by atoms with E-state index in [0.717, 1.165) is 30.6 Å². The van der Waals surface area contributed by atoms with E-state index in [4.69, 9.17) is 5.11 Å². The van der Waals surface area contributed by atoms with Crippen molar-refractivity contribution in [1.29, 1.82) is 0 Å². The van der Waals surface area contributed by atoms with Crippen LogP contribution in [0.5, 0.6) is 0 Å². The van der Waals surface area contributed by atoms with E-state index < -0.39 is 5.97 Å². The fourth-order valence-electron chi connectivity index (χ4n) is 3.69. The Kier molecular flexibility index (Phi) is 4.22. The van der Waals surface area contributed by atoms with E-state index in [1.165, 1.54) is 12.1 Å². The van der Waals surface area contributed by atoms with Crippen molar-refractivity contribution in [3.63, 3.8) is 0 Å². The van der Waals surface area contributed by atoms with Gasteiger partial charge in [0.05, 0.1) is 0 Å². The van der Waals surface area contributed by atoms with Crippen molar-refractivity contribution >= 4 is 17.6 Å². The standard InChI is InChI=1S/C19H21FN4O2/c1-12-2-4-23(10-12)17-7-15(20)8-18(22-17)24-5-3-13-6-16(19(25)26)21-9-14(13)11-24/h6-9,12H,2-5,10-11H2,1H3,(H,25,26). The molecule has 2 aromatic heterocycles. The summed E-state index contributed by atoms with van der Waals surface area (Å²) in [5.74, 6) is 0.600. The Morgan fingerprint density at radius 1 is 1.19 bits per heavy atom. The number of nitrogens with zero attached hydrogens (tertiary/aromatic N) is 4. The maximum absolute atomic E-state index is 14.2. The van der Waals surface area contributed by atoms with Gasteiger partial charge in [-0.15, -0.1) is 0 Å². The number of halogens is 1. The van der Waals surface area contributed by atoms with Crippen molar-refractivity contribution in [3.05, 3.63) is 47.0 Å². The van der Waals surface area contributed by atoms with E-state index in [2.05, 4.69) is 21.8 Å². The van der Waals surface area contributed by atoms with Gasteiger partial charge in [0, 0.05) is 44.5 Å². The van der Waals surface area contributed by atoms with Gasteiger partial charge in [-0.05, 0) is 36.0 Å². The normalized spacial score (nSPS) is 19.5. The number of carbonyl (C=O) groups is 1. The quantitative estimate of drug-likeness (QED) is 0.912. The highest BCUT2D eigenvalue weighted by molar-refractivity contribution is 5.85. The summed E-state index contributed by atoms with van der Waals surface area (Å²) in [6.45, 7) is 5.22. The molecule has 0 aliphatic carbocycles. The summed E-state index contributed by atoms with van der Waals surface area (Å²) < 4.78 is 14.2. The number of carboxylic acids is 1. The highest BCUT2D eigenvalue weighted by atomic mass is 19.1. The maximum Gasteiger partial charge on any atom is 0.354 e. The minimum Gasteiger partial charge on any atom is -0.477 e. The summed E-state index contributed by atoms with van der Waals surface area (Å²) in [5.41, 5.74) is 2.01. The third kappa shape index (κ3) is 3.21. The van der Waals surface area contributed by atoms with Gasteiger partial charge in [0.1, 0.15) is 23.1 Å². The lowest BCUT2D eigenvalue weighted by atomic mass is 10.0. The smallest absolute Gasteiger partial charge is 0.354 e. The Bertz CT molecular complexity index is 857. The van der Waals surface area contributed by atoms with E-state index in [9.17, 15) is 9.18 Å². The lowest BCUT2D eigenvalue weighted by Crippen LogP contribution is -2.32. The summed E-state index contributed by atoms with van der Waals surface area (Å²) in [6.07, 6.45) is 3.39. The van der Waals surface area contributed by atoms with Gasteiger partial charge in [0.2, 0.25) is 0 Å². The zero-order chi connectivity index (χ0) is 18.3. The first-order valence-corrected chi connectivity index (χ1v) is 8.88. The summed E-state index contributed by atoms with van der Waals surface area (Å²) in [4.78, 5) is 23.9. The largest absolute Gasteiger partial charge is 0.477 e. The van der Waals surface area contributed by atoms with Gasteiger partial charge in [-0.2, -0.15) is 0 Å². The molecule has 1 saturated heterocycles. The predicted molar refractivity (Wildman–Crippen MR) is 96.1 cm³/mol. The van der Waals surface area contributed by atoms with Crippen LogP contribution in [0, 0.1) is 11.7 Å². The third-order valence-corrected chi connectivity index (χ3v) is 5.15. The van der Waals surface area contributed by atoms with Crippen LogP contribution in [0.3, 0.4) is 0 Å². The van der Waals surface area contributed by atoms with E-state index in [-0.39, 0.29) is 11.5 Å². The lowest BCUT2D eigenvalue weighted by molar-refractivity contribution is 0.0690. The molecule has 1 N–H and O–H groups in total.